The highest BCUT2D eigenvalue weighted by atomic mass is 14.8. The van der Waals surface area contributed by atoms with Crippen LogP contribution in [0.3, 0.4) is 0 Å². The minimum Gasteiger partial charge on any atom is -0.327 e. The highest BCUT2D eigenvalue weighted by Crippen LogP contribution is 2.41. The van der Waals surface area contributed by atoms with Gasteiger partial charge in [-0.2, -0.15) is 0 Å². The molecule has 80 valence electrons. The van der Waals surface area contributed by atoms with Crippen LogP contribution in [-0.2, 0) is 6.42 Å². The third-order valence-electron chi connectivity index (χ3n) is 3.87. The Morgan fingerprint density at radius 1 is 1.33 bits per heavy atom. The first-order valence-electron chi connectivity index (χ1n) is 6.05. The molecule has 0 aliphatic heterocycles. The van der Waals surface area contributed by atoms with E-state index in [-0.39, 0.29) is 0 Å². The molecule has 2 heteroatoms. The molecule has 0 saturated heterocycles. The zero-order chi connectivity index (χ0) is 10.3. The maximum Gasteiger partial charge on any atom is 0.0481 e. The van der Waals surface area contributed by atoms with Crippen molar-refractivity contribution < 1.29 is 0 Å². The van der Waals surface area contributed by atoms with Crippen molar-refractivity contribution in [1.82, 2.24) is 4.98 Å². The molecule has 2 N–H and O–H groups in total. The molecule has 1 fully saturated rings. The lowest BCUT2D eigenvalue weighted by atomic mass is 9.81. The maximum absolute atomic E-state index is 6.33. The second-order valence-electron chi connectivity index (χ2n) is 4.96. The van der Waals surface area contributed by atoms with Crippen LogP contribution in [0.4, 0.5) is 0 Å². The fraction of sp³-hybridized carbons (Fsp3) is 0.615. The molecule has 0 amide bonds. The van der Waals surface area contributed by atoms with Gasteiger partial charge in [-0.25, -0.2) is 0 Å². The number of nitrogens with two attached hydrogens (primary N) is 1. The van der Waals surface area contributed by atoms with Crippen molar-refractivity contribution in [2.75, 3.05) is 0 Å². The molecular formula is C13H18N2. The van der Waals surface area contributed by atoms with E-state index in [1.54, 1.807) is 0 Å². The molecule has 3 rings (SSSR count). The number of fused-ring (bicyclic) bond motifs is 1. The van der Waals surface area contributed by atoms with Gasteiger partial charge in [-0.05, 0) is 49.7 Å². The van der Waals surface area contributed by atoms with Gasteiger partial charge >= 0.3 is 0 Å². The number of hydrogen-bond acceptors (Lipinski definition) is 2. The van der Waals surface area contributed by atoms with Crippen molar-refractivity contribution in [2.24, 2.45) is 11.7 Å². The highest BCUT2D eigenvalue weighted by molar-refractivity contribution is 5.27. The van der Waals surface area contributed by atoms with Crippen LogP contribution in [0, 0.1) is 5.92 Å². The highest BCUT2D eigenvalue weighted by Gasteiger charge is 2.36. The third kappa shape index (κ3) is 1.67. The number of nitrogens with zero attached hydrogens (tertiary/aromatic N) is 1. The summed E-state index contributed by atoms with van der Waals surface area (Å²) in [7, 11) is 0. The molecule has 2 aliphatic rings. The Kier molecular flexibility index (Phi) is 2.24. The van der Waals surface area contributed by atoms with Crippen LogP contribution < -0.4 is 5.73 Å². The topological polar surface area (TPSA) is 38.9 Å². The fourth-order valence-corrected chi connectivity index (χ4v) is 2.83. The standard InChI is InChI=1S/C13H18N2/c14-12(9-6-7-9)11-5-1-3-10-4-2-8-15-13(10)11/h2,4,8-9,11-12H,1,3,5-7,14H2. The summed E-state index contributed by atoms with van der Waals surface area (Å²) in [6.45, 7) is 0. The Bertz CT molecular complexity index is 357. The van der Waals surface area contributed by atoms with E-state index >= 15 is 0 Å². The quantitative estimate of drug-likeness (QED) is 0.798. The van der Waals surface area contributed by atoms with Crippen molar-refractivity contribution in [2.45, 2.75) is 44.1 Å². The van der Waals surface area contributed by atoms with Crippen LogP contribution in [0.2, 0.25) is 0 Å². The van der Waals surface area contributed by atoms with Crippen molar-refractivity contribution in [3.8, 4) is 0 Å². The molecule has 0 bridgehead atoms. The van der Waals surface area contributed by atoms with Gasteiger partial charge in [-0.1, -0.05) is 6.07 Å². The zero-order valence-electron chi connectivity index (χ0n) is 9.02. The number of rotatable bonds is 2. The Labute approximate surface area is 90.9 Å². The van der Waals surface area contributed by atoms with Crippen LogP contribution in [-0.4, -0.2) is 11.0 Å². The van der Waals surface area contributed by atoms with E-state index < -0.39 is 0 Å². The van der Waals surface area contributed by atoms with Crippen molar-refractivity contribution in [3.63, 3.8) is 0 Å². The third-order valence-corrected chi connectivity index (χ3v) is 3.87. The zero-order valence-corrected chi connectivity index (χ0v) is 9.02. The van der Waals surface area contributed by atoms with Gasteiger partial charge < -0.3 is 5.73 Å². The van der Waals surface area contributed by atoms with E-state index in [9.17, 15) is 0 Å². The molecule has 0 aromatic carbocycles. The van der Waals surface area contributed by atoms with Gasteiger partial charge in [0.1, 0.15) is 0 Å². The van der Waals surface area contributed by atoms with E-state index in [1.165, 1.54) is 43.4 Å². The second kappa shape index (κ2) is 3.60. The minimum atomic E-state index is 0.360. The van der Waals surface area contributed by atoms with Crippen LogP contribution in [0.5, 0.6) is 0 Å². The Balaban J connectivity index is 1.91. The Morgan fingerprint density at radius 2 is 2.20 bits per heavy atom. The average Bonchev–Trinajstić information content (AvgIpc) is 3.11. The van der Waals surface area contributed by atoms with Crippen LogP contribution in [0.15, 0.2) is 18.3 Å². The average molecular weight is 202 g/mol. The van der Waals surface area contributed by atoms with Gasteiger partial charge in [0.25, 0.3) is 0 Å². The monoisotopic (exact) mass is 202 g/mol. The first-order valence-corrected chi connectivity index (χ1v) is 6.05. The van der Waals surface area contributed by atoms with Gasteiger partial charge in [0.05, 0.1) is 0 Å². The molecule has 15 heavy (non-hydrogen) atoms. The van der Waals surface area contributed by atoms with Crippen molar-refractivity contribution in [3.05, 3.63) is 29.6 Å². The van der Waals surface area contributed by atoms with Crippen LogP contribution in [0.1, 0.15) is 42.9 Å². The van der Waals surface area contributed by atoms with Gasteiger partial charge in [-0.3, -0.25) is 4.98 Å². The summed E-state index contributed by atoms with van der Waals surface area (Å²) in [5.41, 5.74) is 9.06. The summed E-state index contributed by atoms with van der Waals surface area (Å²) >= 11 is 0. The minimum absolute atomic E-state index is 0.360. The molecule has 1 saturated carbocycles. The summed E-state index contributed by atoms with van der Waals surface area (Å²) in [5, 5.41) is 0. The van der Waals surface area contributed by atoms with E-state index in [4.69, 9.17) is 5.73 Å². The van der Waals surface area contributed by atoms with Gasteiger partial charge in [0.15, 0.2) is 0 Å². The predicted molar refractivity (Wildman–Crippen MR) is 60.6 cm³/mol. The Morgan fingerprint density at radius 3 is 3.00 bits per heavy atom. The summed E-state index contributed by atoms with van der Waals surface area (Å²) in [6.07, 6.45) is 8.29. The number of aromatic nitrogens is 1. The fourth-order valence-electron chi connectivity index (χ4n) is 2.83. The largest absolute Gasteiger partial charge is 0.327 e. The lowest BCUT2D eigenvalue weighted by Crippen LogP contribution is -2.33. The van der Waals surface area contributed by atoms with E-state index in [2.05, 4.69) is 11.1 Å². The molecule has 2 aliphatic carbocycles. The summed E-state index contributed by atoms with van der Waals surface area (Å²) < 4.78 is 0. The number of hydrogen-bond donors (Lipinski definition) is 1. The maximum atomic E-state index is 6.33. The summed E-state index contributed by atoms with van der Waals surface area (Å²) in [4.78, 5) is 4.55. The molecule has 2 nitrogen and oxygen atoms in total. The summed E-state index contributed by atoms with van der Waals surface area (Å²) in [6, 6.07) is 4.62. The van der Waals surface area contributed by atoms with Crippen molar-refractivity contribution in [1.29, 1.82) is 0 Å². The van der Waals surface area contributed by atoms with E-state index in [1.807, 2.05) is 12.3 Å². The van der Waals surface area contributed by atoms with Gasteiger partial charge in [-0.15, -0.1) is 0 Å². The Hall–Kier alpha value is -0.890. The van der Waals surface area contributed by atoms with Crippen LogP contribution in [0.25, 0.3) is 0 Å². The summed E-state index contributed by atoms with van der Waals surface area (Å²) in [5.74, 6) is 1.31. The smallest absolute Gasteiger partial charge is 0.0481 e. The first kappa shape index (κ1) is 9.34. The first-order chi connectivity index (χ1) is 7.36. The molecule has 1 heterocycles. The molecule has 1 aromatic heterocycles. The number of aryl methyl sites for hydroxylation is 1. The van der Waals surface area contributed by atoms with Crippen molar-refractivity contribution >= 4 is 0 Å². The lowest BCUT2D eigenvalue weighted by Gasteiger charge is -2.29. The SMILES string of the molecule is NC(C1CC1)C1CCCc2cccnc21. The normalized spacial score (nSPS) is 27.1. The van der Waals surface area contributed by atoms with Crippen LogP contribution >= 0.6 is 0 Å². The lowest BCUT2D eigenvalue weighted by molar-refractivity contribution is 0.419. The van der Waals surface area contributed by atoms with E-state index in [0.717, 1.165) is 5.92 Å². The second-order valence-corrected chi connectivity index (χ2v) is 4.96. The molecular weight excluding hydrogens is 184 g/mol. The predicted octanol–water partition coefficient (Wildman–Crippen LogP) is 2.24. The molecule has 2 atom stereocenters. The molecule has 0 radical (unpaired) electrons. The molecule has 1 aromatic rings. The molecule has 2 unspecified atom stereocenters. The molecule has 0 spiro atoms. The van der Waals surface area contributed by atoms with Gasteiger partial charge in [0.2, 0.25) is 0 Å². The number of pyridine rings is 1. The van der Waals surface area contributed by atoms with E-state index in [0.29, 0.717) is 12.0 Å². The van der Waals surface area contributed by atoms with Gasteiger partial charge in [0, 0.05) is 23.9 Å².